The summed E-state index contributed by atoms with van der Waals surface area (Å²) in [5, 5.41) is 7.46. The van der Waals surface area contributed by atoms with Gasteiger partial charge in [0.05, 0.1) is 13.0 Å². The molecule has 0 spiro atoms. The molecule has 3 aromatic rings. The van der Waals surface area contributed by atoms with Crippen LogP contribution in [0.3, 0.4) is 0 Å². The van der Waals surface area contributed by atoms with E-state index in [9.17, 15) is 22.8 Å². The molecule has 0 saturated carbocycles. The van der Waals surface area contributed by atoms with Gasteiger partial charge in [-0.2, -0.15) is 0 Å². The predicted octanol–water partition coefficient (Wildman–Crippen LogP) is 3.05. The summed E-state index contributed by atoms with van der Waals surface area (Å²) < 4.78 is 45.7. The van der Waals surface area contributed by atoms with Gasteiger partial charge in [-0.15, -0.1) is 13.2 Å². The Morgan fingerprint density at radius 2 is 1.73 bits per heavy atom. The number of anilines is 1. The number of benzene rings is 2. The molecule has 1 N–H and O–H groups in total. The van der Waals surface area contributed by atoms with E-state index in [2.05, 4.69) is 15.2 Å². The van der Waals surface area contributed by atoms with E-state index in [1.54, 1.807) is 11.0 Å². The van der Waals surface area contributed by atoms with Crippen molar-refractivity contribution in [3.05, 3.63) is 54.2 Å². The number of ether oxygens (including phenoxy) is 1. The van der Waals surface area contributed by atoms with E-state index in [1.807, 2.05) is 23.1 Å². The molecule has 4 rings (SSSR count). The van der Waals surface area contributed by atoms with Crippen LogP contribution in [0.25, 0.3) is 11.0 Å². The minimum atomic E-state index is -4.77. The Balaban J connectivity index is 1.22. The Morgan fingerprint density at radius 1 is 1.03 bits per heavy atom. The Morgan fingerprint density at radius 3 is 2.42 bits per heavy atom. The number of amides is 2. The summed E-state index contributed by atoms with van der Waals surface area (Å²) >= 11 is 0. The maximum Gasteiger partial charge on any atom is 0.573 e. The number of piperazine rings is 1. The SMILES string of the molecule is O=C(CN1CCN(C(=O)Cc2noc3ccccc23)CC1)Nc1ccc(OC(F)(F)F)cc1. The van der Waals surface area contributed by atoms with E-state index in [0.29, 0.717) is 43.1 Å². The van der Waals surface area contributed by atoms with Gasteiger partial charge in [-0.3, -0.25) is 14.5 Å². The third-order valence-electron chi connectivity index (χ3n) is 5.23. The monoisotopic (exact) mass is 462 g/mol. The Bertz CT molecular complexity index is 1120. The molecule has 1 aliphatic rings. The van der Waals surface area contributed by atoms with E-state index in [-0.39, 0.29) is 30.5 Å². The predicted molar refractivity (Wildman–Crippen MR) is 112 cm³/mol. The number of halogens is 3. The lowest BCUT2D eigenvalue weighted by Gasteiger charge is -2.34. The minimum Gasteiger partial charge on any atom is -0.406 e. The number of hydrogen-bond donors (Lipinski definition) is 1. The van der Waals surface area contributed by atoms with Crippen molar-refractivity contribution in [2.45, 2.75) is 12.8 Å². The van der Waals surface area contributed by atoms with Crippen LogP contribution in [0.4, 0.5) is 18.9 Å². The van der Waals surface area contributed by atoms with Crippen molar-refractivity contribution < 1.29 is 32.0 Å². The molecule has 33 heavy (non-hydrogen) atoms. The fourth-order valence-electron chi connectivity index (χ4n) is 3.62. The van der Waals surface area contributed by atoms with Gasteiger partial charge >= 0.3 is 6.36 Å². The molecule has 0 atom stereocenters. The van der Waals surface area contributed by atoms with Crippen molar-refractivity contribution >= 4 is 28.5 Å². The molecular weight excluding hydrogens is 441 g/mol. The molecule has 0 unspecified atom stereocenters. The number of nitrogens with one attached hydrogen (secondary N) is 1. The molecule has 0 aliphatic carbocycles. The van der Waals surface area contributed by atoms with Crippen LogP contribution in [0.5, 0.6) is 5.75 Å². The van der Waals surface area contributed by atoms with Crippen LogP contribution < -0.4 is 10.1 Å². The third kappa shape index (κ3) is 6.01. The molecule has 174 valence electrons. The Hall–Kier alpha value is -3.60. The molecule has 8 nitrogen and oxygen atoms in total. The Labute approximate surface area is 186 Å². The smallest absolute Gasteiger partial charge is 0.406 e. The summed E-state index contributed by atoms with van der Waals surface area (Å²) in [6.07, 6.45) is -4.62. The molecule has 1 aliphatic heterocycles. The summed E-state index contributed by atoms with van der Waals surface area (Å²) in [4.78, 5) is 28.6. The normalized spacial score (nSPS) is 14.9. The first-order chi connectivity index (χ1) is 15.8. The average Bonchev–Trinajstić information content (AvgIpc) is 3.17. The zero-order valence-electron chi connectivity index (χ0n) is 17.5. The summed E-state index contributed by atoms with van der Waals surface area (Å²) in [5.41, 5.74) is 1.60. The highest BCUT2D eigenvalue weighted by atomic mass is 19.4. The number of fused-ring (bicyclic) bond motifs is 1. The van der Waals surface area contributed by atoms with Gasteiger partial charge in [0.15, 0.2) is 5.58 Å². The van der Waals surface area contributed by atoms with Crippen LogP contribution in [0.15, 0.2) is 53.1 Å². The first kappa shape index (κ1) is 22.6. The van der Waals surface area contributed by atoms with Crippen LogP contribution in [-0.2, 0) is 16.0 Å². The maximum atomic E-state index is 12.7. The van der Waals surface area contributed by atoms with E-state index in [0.717, 1.165) is 17.5 Å². The quantitative estimate of drug-likeness (QED) is 0.606. The number of hydrogen-bond acceptors (Lipinski definition) is 6. The first-order valence-corrected chi connectivity index (χ1v) is 10.3. The summed E-state index contributed by atoms with van der Waals surface area (Å²) in [7, 11) is 0. The Kier molecular flexibility index (Phi) is 6.50. The van der Waals surface area contributed by atoms with Gasteiger partial charge in [0.25, 0.3) is 0 Å². The van der Waals surface area contributed by atoms with Crippen LogP contribution in [-0.4, -0.2) is 65.9 Å². The van der Waals surface area contributed by atoms with Crippen LogP contribution >= 0.6 is 0 Å². The second kappa shape index (κ2) is 9.49. The fraction of sp³-hybridized carbons (Fsp3) is 0.318. The van der Waals surface area contributed by atoms with Gasteiger partial charge in [0.1, 0.15) is 11.4 Å². The molecule has 1 aromatic heterocycles. The highest BCUT2D eigenvalue weighted by Crippen LogP contribution is 2.24. The van der Waals surface area contributed by atoms with E-state index in [1.165, 1.54) is 12.1 Å². The van der Waals surface area contributed by atoms with Gasteiger partial charge in [-0.25, -0.2) is 0 Å². The van der Waals surface area contributed by atoms with Crippen molar-refractivity contribution in [2.24, 2.45) is 0 Å². The number of carbonyl (C=O) groups is 2. The zero-order valence-corrected chi connectivity index (χ0v) is 17.5. The lowest BCUT2D eigenvalue weighted by molar-refractivity contribution is -0.274. The summed E-state index contributed by atoms with van der Waals surface area (Å²) in [6, 6.07) is 12.3. The first-order valence-electron chi connectivity index (χ1n) is 10.3. The van der Waals surface area contributed by atoms with Gasteiger partial charge in [0, 0.05) is 37.3 Å². The van der Waals surface area contributed by atoms with Gasteiger partial charge in [-0.1, -0.05) is 17.3 Å². The third-order valence-corrected chi connectivity index (χ3v) is 5.23. The van der Waals surface area contributed by atoms with Gasteiger partial charge < -0.3 is 19.5 Å². The number of para-hydroxylation sites is 1. The lowest BCUT2D eigenvalue weighted by atomic mass is 10.1. The standard InChI is InChI=1S/C22H21F3N4O4/c23-22(24,25)32-16-7-5-15(6-8-16)26-20(30)14-28-9-11-29(12-10-28)21(31)13-18-17-3-1-2-4-19(17)33-27-18/h1-8H,9-14H2,(H,26,30). The van der Waals surface area contributed by atoms with Gasteiger partial charge in [0.2, 0.25) is 11.8 Å². The maximum absolute atomic E-state index is 12.7. The van der Waals surface area contributed by atoms with E-state index < -0.39 is 6.36 Å². The number of alkyl halides is 3. The second-order valence-electron chi connectivity index (χ2n) is 7.58. The second-order valence-corrected chi connectivity index (χ2v) is 7.58. The largest absolute Gasteiger partial charge is 0.573 e. The summed E-state index contributed by atoms with van der Waals surface area (Å²) in [5.74, 6) is -0.715. The van der Waals surface area contributed by atoms with Crippen LogP contribution in [0, 0.1) is 0 Å². The summed E-state index contributed by atoms with van der Waals surface area (Å²) in [6.45, 7) is 2.11. The van der Waals surface area contributed by atoms with Crippen LogP contribution in [0.1, 0.15) is 5.69 Å². The number of rotatable bonds is 6. The number of aromatic nitrogens is 1. The molecule has 2 heterocycles. The molecule has 11 heteroatoms. The van der Waals surface area contributed by atoms with Crippen molar-refractivity contribution in [3.63, 3.8) is 0 Å². The molecular formula is C22H21F3N4O4. The van der Waals surface area contributed by atoms with E-state index >= 15 is 0 Å². The number of nitrogens with zero attached hydrogens (tertiary/aromatic N) is 3. The molecule has 1 fully saturated rings. The molecule has 2 aromatic carbocycles. The van der Waals surface area contributed by atoms with Crippen molar-refractivity contribution in [1.29, 1.82) is 0 Å². The van der Waals surface area contributed by atoms with Crippen molar-refractivity contribution in [2.75, 3.05) is 38.0 Å². The number of carbonyl (C=O) groups excluding carboxylic acids is 2. The van der Waals surface area contributed by atoms with Crippen molar-refractivity contribution in [1.82, 2.24) is 15.0 Å². The minimum absolute atomic E-state index is 0.0562. The average molecular weight is 462 g/mol. The lowest BCUT2D eigenvalue weighted by Crippen LogP contribution is -2.50. The van der Waals surface area contributed by atoms with Crippen LogP contribution in [0.2, 0.25) is 0 Å². The fourth-order valence-corrected chi connectivity index (χ4v) is 3.62. The van der Waals surface area contributed by atoms with Gasteiger partial charge in [-0.05, 0) is 36.4 Å². The topological polar surface area (TPSA) is 87.9 Å². The van der Waals surface area contributed by atoms with E-state index in [4.69, 9.17) is 4.52 Å². The molecule has 1 saturated heterocycles. The highest BCUT2D eigenvalue weighted by molar-refractivity contribution is 5.92. The highest BCUT2D eigenvalue weighted by Gasteiger charge is 2.31. The molecule has 0 bridgehead atoms. The molecule has 2 amide bonds. The zero-order chi connectivity index (χ0) is 23.4. The van der Waals surface area contributed by atoms with Crippen molar-refractivity contribution in [3.8, 4) is 5.75 Å². The molecule has 0 radical (unpaired) electrons.